The van der Waals surface area contributed by atoms with E-state index < -0.39 is 23.4 Å². The van der Waals surface area contributed by atoms with Gasteiger partial charge in [-0.1, -0.05) is 12.1 Å². The second-order valence-electron chi connectivity index (χ2n) is 13.7. The smallest absolute Gasteiger partial charge is 0.407 e. The molecule has 0 bridgehead atoms. The van der Waals surface area contributed by atoms with Crippen molar-refractivity contribution in [2.24, 2.45) is 0 Å². The zero-order valence-corrected chi connectivity index (χ0v) is 28.3. The van der Waals surface area contributed by atoms with Crippen LogP contribution in [0.1, 0.15) is 88.7 Å². The summed E-state index contributed by atoms with van der Waals surface area (Å²) < 4.78 is 22.9. The Balaban J connectivity index is 1.43. The molecule has 11 heteroatoms. The van der Waals surface area contributed by atoms with E-state index in [1.54, 1.807) is 75.4 Å². The third-order valence-corrected chi connectivity index (χ3v) is 7.14. The maximum absolute atomic E-state index is 13.5. The van der Waals surface area contributed by atoms with E-state index in [4.69, 9.17) is 24.2 Å². The Morgan fingerprint density at radius 3 is 1.67 bits per heavy atom. The number of carbonyl (C=O) groups is 3. The first-order valence-electron chi connectivity index (χ1n) is 16.0. The molecule has 3 amide bonds. The lowest BCUT2D eigenvalue weighted by Gasteiger charge is -2.30. The fraction of sp³-hybridized carbons (Fsp3) is 0.405. The number of nitrogens with zero attached hydrogens (tertiary/aromatic N) is 1. The van der Waals surface area contributed by atoms with Gasteiger partial charge in [0.1, 0.15) is 34.2 Å². The summed E-state index contributed by atoms with van der Waals surface area (Å²) in [6, 6.07) is 20.8. The molecule has 0 atom stereocenters. The first-order valence-corrected chi connectivity index (χ1v) is 16.0. The lowest BCUT2D eigenvalue weighted by molar-refractivity contribution is 0.0485. The molecule has 1 aliphatic carbocycles. The van der Waals surface area contributed by atoms with Crippen molar-refractivity contribution >= 4 is 18.1 Å². The van der Waals surface area contributed by atoms with Crippen molar-refractivity contribution in [2.75, 3.05) is 0 Å². The van der Waals surface area contributed by atoms with Crippen molar-refractivity contribution in [3.63, 3.8) is 0 Å². The summed E-state index contributed by atoms with van der Waals surface area (Å²) in [4.78, 5) is 37.7. The first-order chi connectivity index (χ1) is 22.6. The number of nitrogens with one attached hydrogen (secondary N) is 3. The van der Waals surface area contributed by atoms with E-state index in [0.29, 0.717) is 59.8 Å². The Morgan fingerprint density at radius 1 is 0.688 bits per heavy atom. The van der Waals surface area contributed by atoms with Crippen molar-refractivity contribution in [1.82, 2.24) is 16.0 Å². The van der Waals surface area contributed by atoms with Gasteiger partial charge in [0.15, 0.2) is 0 Å². The average molecular weight is 657 g/mol. The molecule has 3 aromatic carbocycles. The summed E-state index contributed by atoms with van der Waals surface area (Å²) in [5.41, 5.74) is 0.543. The first kappa shape index (κ1) is 35.6. The molecule has 0 aliphatic heterocycles. The van der Waals surface area contributed by atoms with E-state index in [2.05, 4.69) is 22.0 Å². The van der Waals surface area contributed by atoms with Crippen LogP contribution in [-0.2, 0) is 16.0 Å². The van der Waals surface area contributed by atoms with Crippen molar-refractivity contribution in [2.45, 2.75) is 97.1 Å². The fourth-order valence-corrected chi connectivity index (χ4v) is 4.98. The lowest BCUT2D eigenvalue weighted by atomic mass is 9.91. The van der Waals surface area contributed by atoms with Crippen molar-refractivity contribution < 1.29 is 33.3 Å². The van der Waals surface area contributed by atoms with E-state index in [9.17, 15) is 14.4 Å². The molecule has 254 valence electrons. The Hall–Kier alpha value is -5.24. The van der Waals surface area contributed by atoms with E-state index in [-0.39, 0.29) is 24.5 Å². The van der Waals surface area contributed by atoms with Crippen LogP contribution in [-0.4, -0.2) is 41.4 Å². The topological polar surface area (TPSA) is 148 Å². The van der Waals surface area contributed by atoms with E-state index >= 15 is 0 Å². The van der Waals surface area contributed by atoms with Gasteiger partial charge in [-0.15, -0.1) is 0 Å². The molecule has 0 radical (unpaired) electrons. The average Bonchev–Trinajstić information content (AvgIpc) is 3.00. The highest BCUT2D eigenvalue weighted by Gasteiger charge is 2.26. The minimum atomic E-state index is -0.587. The predicted octanol–water partition coefficient (Wildman–Crippen LogP) is 7.73. The van der Waals surface area contributed by atoms with E-state index in [1.165, 1.54) is 0 Å². The lowest BCUT2D eigenvalue weighted by Crippen LogP contribution is -2.45. The van der Waals surface area contributed by atoms with Crippen LogP contribution in [0.3, 0.4) is 0 Å². The minimum Gasteiger partial charge on any atom is -0.457 e. The number of amides is 3. The van der Waals surface area contributed by atoms with Gasteiger partial charge in [0.05, 0.1) is 11.6 Å². The summed E-state index contributed by atoms with van der Waals surface area (Å²) in [5.74, 6) is 1.50. The van der Waals surface area contributed by atoms with Crippen molar-refractivity contribution in [3.8, 4) is 29.1 Å². The SMILES string of the molecule is CC(C)(C)OC(=O)NCc1ccc(Oc2cc(Oc3ccc(C#N)cc3)cc(C(=O)NC3CCC(NC(=O)OC(C)(C)C)CC3)c2)cc1. The highest BCUT2D eigenvalue weighted by Crippen LogP contribution is 2.31. The number of hydrogen-bond acceptors (Lipinski definition) is 8. The van der Waals surface area contributed by atoms with Crippen LogP contribution in [0.5, 0.6) is 23.0 Å². The number of nitriles is 1. The largest absolute Gasteiger partial charge is 0.457 e. The molecule has 0 spiro atoms. The summed E-state index contributed by atoms with van der Waals surface area (Å²) in [6.45, 7) is 11.2. The van der Waals surface area contributed by atoms with Gasteiger partial charge < -0.3 is 34.9 Å². The van der Waals surface area contributed by atoms with E-state index in [0.717, 1.165) is 5.56 Å². The van der Waals surface area contributed by atoms with E-state index in [1.807, 2.05) is 32.9 Å². The Kier molecular flexibility index (Phi) is 11.5. The molecule has 0 heterocycles. The number of alkyl carbamates (subject to hydrolysis) is 2. The van der Waals surface area contributed by atoms with Crippen LogP contribution in [0.25, 0.3) is 0 Å². The summed E-state index contributed by atoms with van der Waals surface area (Å²) in [6.07, 6.45) is 1.89. The molecule has 48 heavy (non-hydrogen) atoms. The van der Waals surface area contributed by atoms with Gasteiger partial charge in [0.2, 0.25) is 0 Å². The van der Waals surface area contributed by atoms with Crippen LogP contribution < -0.4 is 25.4 Å². The molecular weight excluding hydrogens is 612 g/mol. The summed E-state index contributed by atoms with van der Waals surface area (Å²) in [7, 11) is 0. The highest BCUT2D eigenvalue weighted by molar-refractivity contribution is 5.95. The second kappa shape index (κ2) is 15.6. The van der Waals surface area contributed by atoms with Crippen LogP contribution in [0.4, 0.5) is 9.59 Å². The maximum Gasteiger partial charge on any atom is 0.407 e. The minimum absolute atomic E-state index is 0.0170. The molecule has 11 nitrogen and oxygen atoms in total. The third kappa shape index (κ3) is 11.8. The molecule has 3 aromatic rings. The molecule has 3 N–H and O–H groups in total. The van der Waals surface area contributed by atoms with Crippen molar-refractivity contribution in [3.05, 3.63) is 83.4 Å². The van der Waals surface area contributed by atoms with Gasteiger partial charge in [-0.2, -0.15) is 5.26 Å². The van der Waals surface area contributed by atoms with Crippen LogP contribution in [0, 0.1) is 11.3 Å². The molecule has 4 rings (SSSR count). The Labute approximate surface area is 281 Å². The monoisotopic (exact) mass is 656 g/mol. The number of hydrogen-bond donors (Lipinski definition) is 3. The Bertz CT molecular complexity index is 1610. The number of rotatable bonds is 9. The maximum atomic E-state index is 13.5. The summed E-state index contributed by atoms with van der Waals surface area (Å²) in [5, 5.41) is 17.9. The second-order valence-corrected chi connectivity index (χ2v) is 13.7. The molecule has 1 aliphatic rings. The molecule has 0 aromatic heterocycles. The third-order valence-electron chi connectivity index (χ3n) is 7.14. The van der Waals surface area contributed by atoms with Crippen LogP contribution >= 0.6 is 0 Å². The molecular formula is C37H44N4O7. The van der Waals surface area contributed by atoms with Gasteiger partial charge in [-0.05, 0) is 121 Å². The summed E-state index contributed by atoms with van der Waals surface area (Å²) >= 11 is 0. The normalized spacial score (nSPS) is 16.1. The molecule has 1 saturated carbocycles. The highest BCUT2D eigenvalue weighted by atomic mass is 16.6. The molecule has 0 unspecified atom stereocenters. The van der Waals surface area contributed by atoms with Crippen LogP contribution in [0.15, 0.2) is 66.7 Å². The number of benzene rings is 3. The van der Waals surface area contributed by atoms with Crippen LogP contribution in [0.2, 0.25) is 0 Å². The van der Waals surface area contributed by atoms with Gasteiger partial charge in [-0.3, -0.25) is 4.79 Å². The quantitative estimate of drug-likeness (QED) is 0.212. The number of carbonyl (C=O) groups excluding carboxylic acids is 3. The number of ether oxygens (including phenoxy) is 4. The van der Waals surface area contributed by atoms with Gasteiger partial charge >= 0.3 is 12.2 Å². The predicted molar refractivity (Wildman–Crippen MR) is 180 cm³/mol. The fourth-order valence-electron chi connectivity index (χ4n) is 4.98. The van der Waals surface area contributed by atoms with Gasteiger partial charge in [0, 0.05) is 30.3 Å². The zero-order valence-electron chi connectivity index (χ0n) is 28.3. The van der Waals surface area contributed by atoms with Gasteiger partial charge in [-0.25, -0.2) is 9.59 Å². The Morgan fingerprint density at radius 2 is 1.17 bits per heavy atom. The molecule has 1 fully saturated rings. The van der Waals surface area contributed by atoms with Gasteiger partial charge in [0.25, 0.3) is 5.91 Å². The standard InChI is InChI=1S/C37H44N4O7/c1-36(2,3)47-34(43)39-23-25-9-17-30(18-10-25)46-32-20-26(19-31(21-32)45-29-15-7-24(22-38)8-16-29)33(42)40-27-11-13-28(14-12-27)41-35(44)48-37(4,5)6/h7-10,15-21,27-28H,11-14,23H2,1-6H3,(H,39,43)(H,40,42)(H,41,44). The molecule has 0 saturated heterocycles. The zero-order chi connectivity index (χ0) is 34.9. The van der Waals surface area contributed by atoms with Crippen molar-refractivity contribution in [1.29, 1.82) is 5.26 Å².